The normalized spacial score (nSPS) is 16.4. The van der Waals surface area contributed by atoms with E-state index < -0.39 is 0 Å². The summed E-state index contributed by atoms with van der Waals surface area (Å²) in [5, 5.41) is 0. The Kier molecular flexibility index (Phi) is 1.36. The van der Waals surface area contributed by atoms with Crippen molar-refractivity contribution < 1.29 is 4.74 Å². The molecule has 0 aliphatic carbocycles. The maximum Gasteiger partial charge on any atom is 0.151 e. The Hall–Kier alpha value is -1.90. The SMILES string of the molecule is Nc1ccc2c3c1C=CCN3C=CO2. The summed E-state index contributed by atoms with van der Waals surface area (Å²) in [6.07, 6.45) is 7.77. The molecule has 3 nitrogen and oxygen atoms in total. The van der Waals surface area contributed by atoms with Gasteiger partial charge in [-0.2, -0.15) is 0 Å². The number of anilines is 2. The van der Waals surface area contributed by atoms with Crippen molar-refractivity contribution in [2.75, 3.05) is 17.2 Å². The van der Waals surface area contributed by atoms with Gasteiger partial charge in [0.15, 0.2) is 5.75 Å². The summed E-state index contributed by atoms with van der Waals surface area (Å²) in [6.45, 7) is 0.878. The first-order chi connectivity index (χ1) is 6.86. The molecule has 1 aromatic rings. The van der Waals surface area contributed by atoms with E-state index in [2.05, 4.69) is 11.0 Å². The van der Waals surface area contributed by atoms with Crippen LogP contribution >= 0.6 is 0 Å². The second-order valence-corrected chi connectivity index (χ2v) is 3.37. The first kappa shape index (κ1) is 7.50. The molecule has 70 valence electrons. The zero-order valence-corrected chi connectivity index (χ0v) is 7.60. The van der Waals surface area contributed by atoms with Gasteiger partial charge in [-0.05, 0) is 12.1 Å². The van der Waals surface area contributed by atoms with Crippen LogP contribution in [0.3, 0.4) is 0 Å². The second kappa shape index (κ2) is 2.54. The van der Waals surface area contributed by atoms with Gasteiger partial charge >= 0.3 is 0 Å². The third-order valence-electron chi connectivity index (χ3n) is 2.52. The van der Waals surface area contributed by atoms with E-state index in [4.69, 9.17) is 10.5 Å². The molecule has 0 radical (unpaired) electrons. The topological polar surface area (TPSA) is 38.5 Å². The fourth-order valence-corrected chi connectivity index (χ4v) is 1.86. The lowest BCUT2D eigenvalue weighted by molar-refractivity contribution is 0.470. The van der Waals surface area contributed by atoms with Crippen molar-refractivity contribution in [2.45, 2.75) is 0 Å². The molecule has 2 heterocycles. The molecule has 0 amide bonds. The van der Waals surface area contributed by atoms with Crippen molar-refractivity contribution in [3.8, 4) is 5.75 Å². The Morgan fingerprint density at radius 1 is 1.36 bits per heavy atom. The molecule has 3 rings (SSSR count). The van der Waals surface area contributed by atoms with E-state index in [1.54, 1.807) is 6.26 Å². The van der Waals surface area contributed by atoms with Crippen molar-refractivity contribution in [3.05, 3.63) is 36.2 Å². The summed E-state index contributed by atoms with van der Waals surface area (Å²) in [5.41, 5.74) is 8.82. The highest BCUT2D eigenvalue weighted by molar-refractivity contribution is 5.85. The van der Waals surface area contributed by atoms with Crippen LogP contribution in [0.1, 0.15) is 5.56 Å². The van der Waals surface area contributed by atoms with Crippen LogP contribution in [0.5, 0.6) is 5.75 Å². The van der Waals surface area contributed by atoms with Crippen LogP contribution in [0.2, 0.25) is 0 Å². The van der Waals surface area contributed by atoms with E-state index >= 15 is 0 Å². The van der Waals surface area contributed by atoms with E-state index in [1.165, 1.54) is 0 Å². The zero-order valence-electron chi connectivity index (χ0n) is 7.60. The van der Waals surface area contributed by atoms with Crippen LogP contribution in [0.25, 0.3) is 6.08 Å². The van der Waals surface area contributed by atoms with Gasteiger partial charge < -0.3 is 15.4 Å². The van der Waals surface area contributed by atoms with Gasteiger partial charge in [0.1, 0.15) is 6.26 Å². The molecule has 0 spiro atoms. The summed E-state index contributed by atoms with van der Waals surface area (Å²) in [5.74, 6) is 0.876. The third-order valence-corrected chi connectivity index (χ3v) is 2.52. The number of nitrogen functional groups attached to an aromatic ring is 1. The number of rotatable bonds is 0. The van der Waals surface area contributed by atoms with Crippen molar-refractivity contribution in [1.82, 2.24) is 0 Å². The maximum absolute atomic E-state index is 5.89. The van der Waals surface area contributed by atoms with Gasteiger partial charge in [0.25, 0.3) is 0 Å². The van der Waals surface area contributed by atoms with Crippen molar-refractivity contribution in [1.29, 1.82) is 0 Å². The predicted molar refractivity (Wildman–Crippen MR) is 57.0 cm³/mol. The van der Waals surface area contributed by atoms with Gasteiger partial charge in [0.2, 0.25) is 0 Å². The average Bonchev–Trinajstić information content (AvgIpc) is 2.24. The fraction of sp³-hybridized carbons (Fsp3) is 0.0909. The monoisotopic (exact) mass is 186 g/mol. The van der Waals surface area contributed by atoms with Crippen LogP contribution in [-0.4, -0.2) is 6.54 Å². The molecule has 3 heteroatoms. The number of hydrogen-bond donors (Lipinski definition) is 1. The van der Waals surface area contributed by atoms with Gasteiger partial charge in [-0.3, -0.25) is 0 Å². The Morgan fingerprint density at radius 2 is 2.29 bits per heavy atom. The molecule has 0 saturated carbocycles. The smallest absolute Gasteiger partial charge is 0.151 e. The molecular weight excluding hydrogens is 176 g/mol. The molecule has 0 saturated heterocycles. The first-order valence-electron chi connectivity index (χ1n) is 4.55. The molecule has 2 N–H and O–H groups in total. The zero-order chi connectivity index (χ0) is 9.54. The molecule has 14 heavy (non-hydrogen) atoms. The number of benzene rings is 1. The van der Waals surface area contributed by atoms with E-state index in [-0.39, 0.29) is 0 Å². The fourth-order valence-electron chi connectivity index (χ4n) is 1.86. The number of nitrogens with zero attached hydrogens (tertiary/aromatic N) is 1. The van der Waals surface area contributed by atoms with Crippen LogP contribution in [-0.2, 0) is 0 Å². The van der Waals surface area contributed by atoms with Gasteiger partial charge in [-0.15, -0.1) is 0 Å². The Balaban J connectivity index is 2.32. The van der Waals surface area contributed by atoms with Crippen molar-refractivity contribution in [2.24, 2.45) is 0 Å². The molecule has 1 aromatic carbocycles. The third kappa shape index (κ3) is 0.865. The lowest BCUT2D eigenvalue weighted by Gasteiger charge is -2.29. The first-order valence-corrected chi connectivity index (χ1v) is 4.55. The Morgan fingerprint density at radius 3 is 3.21 bits per heavy atom. The molecule has 0 aromatic heterocycles. The van der Waals surface area contributed by atoms with E-state index in [1.807, 2.05) is 24.4 Å². The van der Waals surface area contributed by atoms with Crippen LogP contribution < -0.4 is 15.4 Å². The summed E-state index contributed by atoms with van der Waals surface area (Å²) in [4.78, 5) is 2.13. The number of nitrogens with two attached hydrogens (primary N) is 1. The average molecular weight is 186 g/mol. The van der Waals surface area contributed by atoms with Crippen LogP contribution in [0, 0.1) is 0 Å². The van der Waals surface area contributed by atoms with E-state index in [0.29, 0.717) is 0 Å². The minimum Gasteiger partial charge on any atom is -0.461 e. The van der Waals surface area contributed by atoms with Crippen LogP contribution in [0.4, 0.5) is 11.4 Å². The van der Waals surface area contributed by atoms with Crippen LogP contribution in [0.15, 0.2) is 30.7 Å². The maximum atomic E-state index is 5.89. The highest BCUT2D eigenvalue weighted by Gasteiger charge is 2.20. The second-order valence-electron chi connectivity index (χ2n) is 3.37. The summed E-state index contributed by atoms with van der Waals surface area (Å²) < 4.78 is 5.41. The van der Waals surface area contributed by atoms with Crippen molar-refractivity contribution >= 4 is 17.5 Å². The highest BCUT2D eigenvalue weighted by atomic mass is 16.5. The minimum atomic E-state index is 0.795. The predicted octanol–water partition coefficient (Wildman–Crippen LogP) is 1.97. The van der Waals surface area contributed by atoms with E-state index in [0.717, 1.165) is 29.2 Å². The largest absolute Gasteiger partial charge is 0.461 e. The number of ether oxygens (including phenoxy) is 1. The Labute approximate surface area is 82.1 Å². The van der Waals surface area contributed by atoms with Gasteiger partial charge in [0.05, 0.1) is 5.69 Å². The minimum absolute atomic E-state index is 0.795. The molecule has 0 atom stereocenters. The summed E-state index contributed by atoms with van der Waals surface area (Å²) >= 11 is 0. The summed E-state index contributed by atoms with van der Waals surface area (Å²) in [7, 11) is 0. The lowest BCUT2D eigenvalue weighted by atomic mass is 10.0. The van der Waals surface area contributed by atoms with Crippen molar-refractivity contribution in [3.63, 3.8) is 0 Å². The molecule has 0 fully saturated rings. The van der Waals surface area contributed by atoms with Gasteiger partial charge in [-0.25, -0.2) is 0 Å². The van der Waals surface area contributed by atoms with Gasteiger partial charge in [0, 0.05) is 24.0 Å². The highest BCUT2D eigenvalue weighted by Crippen LogP contribution is 2.40. The molecular formula is C11H10N2O. The standard InChI is InChI=1S/C11H10N2O/c12-9-3-4-10-11-8(9)2-1-5-13(11)6-7-14-10/h1-4,6-7H,5,12H2. The lowest BCUT2D eigenvalue weighted by Crippen LogP contribution is -2.23. The number of hydrogen-bond acceptors (Lipinski definition) is 3. The summed E-state index contributed by atoms with van der Waals surface area (Å²) in [6, 6.07) is 3.78. The molecule has 0 bridgehead atoms. The Bertz CT molecular complexity index is 449. The molecule has 0 unspecified atom stereocenters. The van der Waals surface area contributed by atoms with E-state index in [9.17, 15) is 0 Å². The quantitative estimate of drug-likeness (QED) is 0.629. The molecule has 2 aliphatic rings. The van der Waals surface area contributed by atoms with Gasteiger partial charge in [-0.1, -0.05) is 12.2 Å². The molecule has 2 aliphatic heterocycles.